The van der Waals surface area contributed by atoms with Gasteiger partial charge in [0, 0.05) is 31.5 Å². The Labute approximate surface area is 101 Å². The number of aryl methyl sites for hydroxylation is 1. The van der Waals surface area contributed by atoms with Crippen LogP contribution in [0.15, 0.2) is 43.0 Å². The summed E-state index contributed by atoms with van der Waals surface area (Å²) in [6.45, 7) is 4.20. The molecule has 0 aliphatic rings. The molecule has 0 bridgehead atoms. The molecule has 0 atom stereocenters. The van der Waals surface area contributed by atoms with E-state index < -0.39 is 0 Å². The van der Waals surface area contributed by atoms with Crippen LogP contribution in [0.3, 0.4) is 0 Å². The van der Waals surface area contributed by atoms with Gasteiger partial charge in [-0.25, -0.2) is 0 Å². The Kier molecular flexibility index (Phi) is 3.00. The minimum absolute atomic E-state index is 0.0172. The van der Waals surface area contributed by atoms with Crippen molar-refractivity contribution in [3.05, 3.63) is 48.7 Å². The van der Waals surface area contributed by atoms with Crippen LogP contribution in [0.25, 0.3) is 10.9 Å². The minimum Gasteiger partial charge on any atom is -0.340 e. The molecule has 2 rings (SSSR count). The molecule has 17 heavy (non-hydrogen) atoms. The topological polar surface area (TPSA) is 25.2 Å². The Morgan fingerprint density at radius 3 is 2.82 bits per heavy atom. The summed E-state index contributed by atoms with van der Waals surface area (Å²) < 4.78 is 1.93. The Hall–Kier alpha value is -2.03. The maximum Gasteiger partial charge on any atom is 0.270 e. The molecule has 0 aliphatic carbocycles. The van der Waals surface area contributed by atoms with Crippen LogP contribution in [0.5, 0.6) is 0 Å². The number of para-hydroxylation sites is 1. The minimum atomic E-state index is 0.0172. The van der Waals surface area contributed by atoms with Gasteiger partial charge in [-0.15, -0.1) is 6.58 Å². The van der Waals surface area contributed by atoms with Crippen molar-refractivity contribution in [3.8, 4) is 0 Å². The van der Waals surface area contributed by atoms with Crippen LogP contribution in [0.4, 0.5) is 0 Å². The fraction of sp³-hybridized carbons (Fsp3) is 0.214. The molecule has 0 aliphatic heterocycles. The van der Waals surface area contributed by atoms with Gasteiger partial charge in [-0.05, 0) is 12.1 Å². The molecule has 1 aromatic carbocycles. The van der Waals surface area contributed by atoms with Crippen molar-refractivity contribution in [1.29, 1.82) is 0 Å². The molecule has 2 aromatic rings. The number of carbonyl (C=O) groups excluding carboxylic acids is 1. The van der Waals surface area contributed by atoms with Gasteiger partial charge in [-0.2, -0.15) is 0 Å². The number of nitrogens with zero attached hydrogens (tertiary/aromatic N) is 2. The van der Waals surface area contributed by atoms with Crippen molar-refractivity contribution in [2.45, 2.75) is 0 Å². The Balaban J connectivity index is 2.45. The SMILES string of the molecule is C=CCN(C)C(=O)c1cc2ccccc2n1C. The molecule has 1 amide bonds. The molecule has 3 nitrogen and oxygen atoms in total. The number of hydrogen-bond donors (Lipinski definition) is 0. The second kappa shape index (κ2) is 4.45. The van der Waals surface area contributed by atoms with Crippen molar-refractivity contribution in [3.63, 3.8) is 0 Å². The average Bonchev–Trinajstić information content (AvgIpc) is 2.67. The summed E-state index contributed by atoms with van der Waals surface area (Å²) in [4.78, 5) is 13.8. The molecule has 0 saturated heterocycles. The first-order valence-corrected chi connectivity index (χ1v) is 5.56. The van der Waals surface area contributed by atoms with Gasteiger partial charge in [-0.1, -0.05) is 24.3 Å². The van der Waals surface area contributed by atoms with E-state index in [1.54, 1.807) is 18.0 Å². The second-order valence-corrected chi connectivity index (χ2v) is 4.12. The van der Waals surface area contributed by atoms with Crippen LogP contribution in [0.1, 0.15) is 10.5 Å². The maximum absolute atomic E-state index is 12.2. The zero-order valence-electron chi connectivity index (χ0n) is 10.2. The van der Waals surface area contributed by atoms with Gasteiger partial charge >= 0.3 is 0 Å². The van der Waals surface area contributed by atoms with Crippen LogP contribution in [0, 0.1) is 0 Å². The summed E-state index contributed by atoms with van der Waals surface area (Å²) >= 11 is 0. The van der Waals surface area contributed by atoms with E-state index in [2.05, 4.69) is 6.58 Å². The van der Waals surface area contributed by atoms with Gasteiger partial charge in [0.25, 0.3) is 5.91 Å². The third-order valence-electron chi connectivity index (χ3n) is 2.92. The second-order valence-electron chi connectivity index (χ2n) is 4.12. The van der Waals surface area contributed by atoms with Gasteiger partial charge in [0.1, 0.15) is 5.69 Å². The van der Waals surface area contributed by atoms with Crippen LogP contribution in [-0.2, 0) is 7.05 Å². The quantitative estimate of drug-likeness (QED) is 0.741. The highest BCUT2D eigenvalue weighted by Gasteiger charge is 2.15. The number of fused-ring (bicyclic) bond motifs is 1. The highest BCUT2D eigenvalue weighted by molar-refractivity contribution is 5.98. The standard InChI is InChI=1S/C14H16N2O/c1-4-9-15(2)14(17)13-10-11-7-5-6-8-12(11)16(13)3/h4-8,10H,1,9H2,2-3H3. The highest BCUT2D eigenvalue weighted by atomic mass is 16.2. The summed E-state index contributed by atoms with van der Waals surface area (Å²) in [6.07, 6.45) is 1.72. The number of hydrogen-bond acceptors (Lipinski definition) is 1. The normalized spacial score (nSPS) is 10.5. The monoisotopic (exact) mass is 228 g/mol. The lowest BCUT2D eigenvalue weighted by Gasteiger charge is -2.15. The lowest BCUT2D eigenvalue weighted by molar-refractivity contribution is 0.0801. The average molecular weight is 228 g/mol. The summed E-state index contributed by atoms with van der Waals surface area (Å²) in [5, 5.41) is 1.09. The Morgan fingerprint density at radius 2 is 2.18 bits per heavy atom. The maximum atomic E-state index is 12.2. The van der Waals surface area contributed by atoms with E-state index in [-0.39, 0.29) is 5.91 Å². The van der Waals surface area contributed by atoms with E-state index in [1.807, 2.05) is 41.9 Å². The van der Waals surface area contributed by atoms with Gasteiger partial charge in [0.2, 0.25) is 0 Å². The molecule has 0 unspecified atom stereocenters. The van der Waals surface area contributed by atoms with Crippen molar-refractivity contribution in [2.75, 3.05) is 13.6 Å². The number of rotatable bonds is 3. The zero-order valence-corrected chi connectivity index (χ0v) is 10.2. The molecule has 0 N–H and O–H groups in total. The predicted octanol–water partition coefficient (Wildman–Crippen LogP) is 2.44. The molecule has 0 radical (unpaired) electrons. The zero-order chi connectivity index (χ0) is 12.4. The summed E-state index contributed by atoms with van der Waals surface area (Å²) in [7, 11) is 3.69. The molecular weight excluding hydrogens is 212 g/mol. The third-order valence-corrected chi connectivity index (χ3v) is 2.92. The molecule has 3 heteroatoms. The molecule has 1 aromatic heterocycles. The number of benzene rings is 1. The van der Waals surface area contributed by atoms with Crippen LogP contribution >= 0.6 is 0 Å². The van der Waals surface area contributed by atoms with E-state index in [4.69, 9.17) is 0 Å². The first kappa shape index (κ1) is 11.5. The van der Waals surface area contributed by atoms with Gasteiger partial charge < -0.3 is 9.47 Å². The van der Waals surface area contributed by atoms with E-state index >= 15 is 0 Å². The number of carbonyl (C=O) groups is 1. The first-order valence-electron chi connectivity index (χ1n) is 5.56. The summed E-state index contributed by atoms with van der Waals surface area (Å²) in [6, 6.07) is 9.91. The van der Waals surface area contributed by atoms with Gasteiger partial charge in [0.05, 0.1) is 0 Å². The number of amides is 1. The molecular formula is C14H16N2O. The Bertz CT molecular complexity index is 569. The molecule has 0 spiro atoms. The third kappa shape index (κ3) is 1.96. The van der Waals surface area contributed by atoms with Crippen molar-refractivity contribution in [1.82, 2.24) is 9.47 Å². The van der Waals surface area contributed by atoms with Crippen LogP contribution < -0.4 is 0 Å². The molecule has 88 valence electrons. The fourth-order valence-electron chi connectivity index (χ4n) is 1.97. The lowest BCUT2D eigenvalue weighted by Crippen LogP contribution is -2.28. The van der Waals surface area contributed by atoms with E-state index in [0.717, 1.165) is 10.9 Å². The van der Waals surface area contributed by atoms with Crippen molar-refractivity contribution >= 4 is 16.8 Å². The first-order chi connectivity index (χ1) is 8.15. The number of aromatic nitrogens is 1. The number of likely N-dealkylation sites (N-methyl/N-ethyl adjacent to an activating group) is 1. The van der Waals surface area contributed by atoms with Gasteiger partial charge in [-0.3, -0.25) is 4.79 Å². The van der Waals surface area contributed by atoms with Crippen LogP contribution in [-0.4, -0.2) is 29.0 Å². The highest BCUT2D eigenvalue weighted by Crippen LogP contribution is 2.19. The predicted molar refractivity (Wildman–Crippen MR) is 70.1 cm³/mol. The van der Waals surface area contributed by atoms with E-state index in [9.17, 15) is 4.79 Å². The van der Waals surface area contributed by atoms with Crippen molar-refractivity contribution < 1.29 is 4.79 Å². The largest absolute Gasteiger partial charge is 0.340 e. The summed E-state index contributed by atoms with van der Waals surface area (Å²) in [5.74, 6) is 0.0172. The van der Waals surface area contributed by atoms with Gasteiger partial charge in [0.15, 0.2) is 0 Å². The fourth-order valence-corrected chi connectivity index (χ4v) is 1.97. The molecule has 1 heterocycles. The van der Waals surface area contributed by atoms with E-state index in [1.165, 1.54) is 0 Å². The molecule has 0 fully saturated rings. The molecule has 0 saturated carbocycles. The Morgan fingerprint density at radius 1 is 1.47 bits per heavy atom. The summed E-state index contributed by atoms with van der Waals surface area (Å²) in [5.41, 5.74) is 1.78. The van der Waals surface area contributed by atoms with Crippen molar-refractivity contribution in [2.24, 2.45) is 7.05 Å². The lowest BCUT2D eigenvalue weighted by atomic mass is 10.2. The van der Waals surface area contributed by atoms with E-state index in [0.29, 0.717) is 12.2 Å². The smallest absolute Gasteiger partial charge is 0.270 e. The van der Waals surface area contributed by atoms with Crippen LogP contribution in [0.2, 0.25) is 0 Å².